The van der Waals surface area contributed by atoms with Gasteiger partial charge < -0.3 is 14.8 Å². The number of hydrogen-bond acceptors (Lipinski definition) is 3. The minimum absolute atomic E-state index is 0.0652. The summed E-state index contributed by atoms with van der Waals surface area (Å²) in [5.74, 6) is 1.42. The monoisotopic (exact) mass is 279 g/mol. The van der Waals surface area contributed by atoms with Gasteiger partial charge in [0.15, 0.2) is 0 Å². The molecule has 1 heterocycles. The van der Waals surface area contributed by atoms with Crippen molar-refractivity contribution >= 4 is 5.91 Å². The lowest BCUT2D eigenvalue weighted by atomic mass is 9.98. The van der Waals surface area contributed by atoms with E-state index >= 15 is 0 Å². The van der Waals surface area contributed by atoms with Crippen LogP contribution in [0.2, 0.25) is 0 Å². The van der Waals surface area contributed by atoms with E-state index in [-0.39, 0.29) is 18.4 Å². The zero-order chi connectivity index (χ0) is 14.6. The Morgan fingerprint density at radius 1 is 1.35 bits per heavy atom. The van der Waals surface area contributed by atoms with Crippen molar-refractivity contribution in [2.24, 2.45) is 5.92 Å². The first kappa shape index (κ1) is 15.1. The van der Waals surface area contributed by atoms with Crippen LogP contribution in [-0.2, 0) is 10.4 Å². The summed E-state index contributed by atoms with van der Waals surface area (Å²) in [4.78, 5) is 12.2. The standard InChI is InChI=1S/C16H25NO3/c1-12-9-10-14(20-12)16(2,19)11-17-15(18)13-7-5-3-4-6-8-13/h9-10,13,19H,3-8,11H2,1-2H3,(H,17,18). The molecule has 2 rings (SSSR count). The molecule has 0 spiro atoms. The largest absolute Gasteiger partial charge is 0.463 e. The molecule has 1 fully saturated rings. The summed E-state index contributed by atoms with van der Waals surface area (Å²) in [6.07, 6.45) is 6.65. The predicted molar refractivity (Wildman–Crippen MR) is 77.2 cm³/mol. The van der Waals surface area contributed by atoms with Crippen molar-refractivity contribution in [1.82, 2.24) is 5.32 Å². The molecule has 20 heavy (non-hydrogen) atoms. The van der Waals surface area contributed by atoms with Crippen molar-refractivity contribution in [2.75, 3.05) is 6.54 Å². The second-order valence-electron chi connectivity index (χ2n) is 6.09. The van der Waals surface area contributed by atoms with Crippen LogP contribution >= 0.6 is 0 Å². The fourth-order valence-electron chi connectivity index (χ4n) is 2.76. The first-order valence-corrected chi connectivity index (χ1v) is 7.56. The number of rotatable bonds is 4. The number of furan rings is 1. The molecule has 4 heteroatoms. The van der Waals surface area contributed by atoms with E-state index in [2.05, 4.69) is 5.32 Å². The third-order valence-corrected chi connectivity index (χ3v) is 4.10. The van der Waals surface area contributed by atoms with Crippen LogP contribution in [0, 0.1) is 12.8 Å². The van der Waals surface area contributed by atoms with Gasteiger partial charge in [-0.1, -0.05) is 25.7 Å². The smallest absolute Gasteiger partial charge is 0.223 e. The Kier molecular flexibility index (Phi) is 4.86. The Balaban J connectivity index is 1.88. The Morgan fingerprint density at radius 3 is 2.55 bits per heavy atom. The molecule has 1 amide bonds. The Bertz CT molecular complexity index is 442. The third kappa shape index (κ3) is 3.85. The summed E-state index contributed by atoms with van der Waals surface area (Å²) in [6, 6.07) is 3.57. The normalized spacial score (nSPS) is 20.1. The highest BCUT2D eigenvalue weighted by Crippen LogP contribution is 2.24. The van der Waals surface area contributed by atoms with Crippen LogP contribution in [0.5, 0.6) is 0 Å². The Labute approximate surface area is 120 Å². The zero-order valence-corrected chi connectivity index (χ0v) is 12.4. The molecule has 1 aliphatic carbocycles. The lowest BCUT2D eigenvalue weighted by molar-refractivity contribution is -0.126. The summed E-state index contributed by atoms with van der Waals surface area (Å²) in [6.45, 7) is 3.69. The molecule has 1 aromatic rings. The maximum Gasteiger partial charge on any atom is 0.223 e. The highest BCUT2D eigenvalue weighted by Gasteiger charge is 2.29. The van der Waals surface area contributed by atoms with Gasteiger partial charge in [0, 0.05) is 5.92 Å². The third-order valence-electron chi connectivity index (χ3n) is 4.10. The maximum absolute atomic E-state index is 12.2. The zero-order valence-electron chi connectivity index (χ0n) is 12.4. The number of nitrogens with one attached hydrogen (secondary N) is 1. The average Bonchev–Trinajstić information content (AvgIpc) is 2.69. The fourth-order valence-corrected chi connectivity index (χ4v) is 2.76. The van der Waals surface area contributed by atoms with Crippen LogP contribution in [0.25, 0.3) is 0 Å². The van der Waals surface area contributed by atoms with Crippen LogP contribution in [0.1, 0.15) is 57.0 Å². The van der Waals surface area contributed by atoms with E-state index < -0.39 is 5.60 Å². The fraction of sp³-hybridized carbons (Fsp3) is 0.688. The molecule has 2 N–H and O–H groups in total. The molecule has 1 saturated carbocycles. The quantitative estimate of drug-likeness (QED) is 0.833. The van der Waals surface area contributed by atoms with E-state index in [0.29, 0.717) is 5.76 Å². The number of carbonyl (C=O) groups excluding carboxylic acids is 1. The van der Waals surface area contributed by atoms with E-state index in [1.54, 1.807) is 13.0 Å². The molecule has 0 radical (unpaired) electrons. The van der Waals surface area contributed by atoms with E-state index in [1.807, 2.05) is 13.0 Å². The summed E-state index contributed by atoms with van der Waals surface area (Å²) < 4.78 is 5.44. The summed E-state index contributed by atoms with van der Waals surface area (Å²) in [5, 5.41) is 13.3. The molecule has 0 bridgehead atoms. The lowest BCUT2D eigenvalue weighted by Gasteiger charge is -2.23. The molecule has 112 valence electrons. The van der Waals surface area contributed by atoms with E-state index in [1.165, 1.54) is 12.8 Å². The molecular weight excluding hydrogens is 254 g/mol. The Hall–Kier alpha value is -1.29. The molecule has 0 aromatic carbocycles. The summed E-state index contributed by atoms with van der Waals surface area (Å²) >= 11 is 0. The predicted octanol–water partition coefficient (Wildman–Crippen LogP) is 2.88. The van der Waals surface area contributed by atoms with Crippen molar-refractivity contribution < 1.29 is 14.3 Å². The van der Waals surface area contributed by atoms with Crippen LogP contribution in [0.3, 0.4) is 0 Å². The minimum atomic E-state index is -1.16. The van der Waals surface area contributed by atoms with Crippen molar-refractivity contribution in [1.29, 1.82) is 0 Å². The van der Waals surface area contributed by atoms with Gasteiger partial charge in [-0.15, -0.1) is 0 Å². The van der Waals surface area contributed by atoms with Gasteiger partial charge in [0.05, 0.1) is 6.54 Å². The van der Waals surface area contributed by atoms with E-state index in [0.717, 1.165) is 31.4 Å². The topological polar surface area (TPSA) is 62.5 Å². The summed E-state index contributed by atoms with van der Waals surface area (Å²) in [7, 11) is 0. The second-order valence-corrected chi connectivity index (χ2v) is 6.09. The number of aryl methyl sites for hydroxylation is 1. The molecule has 1 aliphatic rings. The maximum atomic E-state index is 12.2. The molecule has 1 atom stereocenters. The van der Waals surface area contributed by atoms with E-state index in [4.69, 9.17) is 4.42 Å². The van der Waals surface area contributed by atoms with Gasteiger partial charge in [-0.3, -0.25) is 4.79 Å². The number of carbonyl (C=O) groups is 1. The second kappa shape index (κ2) is 6.44. The minimum Gasteiger partial charge on any atom is -0.463 e. The molecule has 1 aromatic heterocycles. The van der Waals surface area contributed by atoms with Crippen LogP contribution in [0.4, 0.5) is 0 Å². The summed E-state index contributed by atoms with van der Waals surface area (Å²) in [5.41, 5.74) is -1.16. The van der Waals surface area contributed by atoms with Gasteiger partial charge >= 0.3 is 0 Å². The van der Waals surface area contributed by atoms with Crippen LogP contribution in [0.15, 0.2) is 16.5 Å². The van der Waals surface area contributed by atoms with Crippen molar-refractivity contribution in [3.05, 3.63) is 23.7 Å². The SMILES string of the molecule is Cc1ccc(C(C)(O)CNC(=O)C2CCCCCC2)o1. The first-order chi connectivity index (χ1) is 9.49. The number of hydrogen-bond donors (Lipinski definition) is 2. The van der Waals surface area contributed by atoms with Gasteiger partial charge in [-0.05, 0) is 38.8 Å². The van der Waals surface area contributed by atoms with Crippen molar-refractivity contribution in [2.45, 2.75) is 58.0 Å². The van der Waals surface area contributed by atoms with Crippen molar-refractivity contribution in [3.63, 3.8) is 0 Å². The molecular formula is C16H25NO3. The number of aliphatic hydroxyl groups is 1. The van der Waals surface area contributed by atoms with Gasteiger partial charge in [0.1, 0.15) is 17.1 Å². The molecule has 1 unspecified atom stereocenters. The Morgan fingerprint density at radius 2 is 2.00 bits per heavy atom. The lowest BCUT2D eigenvalue weighted by Crippen LogP contribution is -2.41. The number of amides is 1. The highest BCUT2D eigenvalue weighted by atomic mass is 16.4. The first-order valence-electron chi connectivity index (χ1n) is 7.56. The van der Waals surface area contributed by atoms with Gasteiger partial charge in [0.25, 0.3) is 0 Å². The molecule has 0 aliphatic heterocycles. The van der Waals surface area contributed by atoms with Gasteiger partial charge in [-0.25, -0.2) is 0 Å². The van der Waals surface area contributed by atoms with Crippen LogP contribution < -0.4 is 5.32 Å². The van der Waals surface area contributed by atoms with Gasteiger partial charge in [0.2, 0.25) is 5.91 Å². The molecule has 4 nitrogen and oxygen atoms in total. The van der Waals surface area contributed by atoms with E-state index in [9.17, 15) is 9.90 Å². The van der Waals surface area contributed by atoms with Crippen molar-refractivity contribution in [3.8, 4) is 0 Å². The van der Waals surface area contributed by atoms with Gasteiger partial charge in [-0.2, -0.15) is 0 Å². The average molecular weight is 279 g/mol. The molecule has 0 saturated heterocycles. The highest BCUT2D eigenvalue weighted by molar-refractivity contribution is 5.78. The van der Waals surface area contributed by atoms with Crippen LogP contribution in [-0.4, -0.2) is 17.6 Å².